The van der Waals surface area contributed by atoms with Gasteiger partial charge in [-0.1, -0.05) is 11.6 Å². The lowest BCUT2D eigenvalue weighted by molar-refractivity contribution is 0.0694. The molecule has 19 heavy (non-hydrogen) atoms. The van der Waals surface area contributed by atoms with Gasteiger partial charge in [0.1, 0.15) is 16.8 Å². The molecule has 2 rings (SSSR count). The smallest absolute Gasteiger partial charge is 0.137 e. The number of aliphatic hydroxyl groups excluding tert-OH is 1. The number of methoxy groups -OCH3 is 1. The van der Waals surface area contributed by atoms with E-state index >= 15 is 0 Å². The molecule has 1 fully saturated rings. The number of aliphatic hydroxyl groups is 1. The predicted octanol–water partition coefficient (Wildman–Crippen LogP) is 1.76. The maximum Gasteiger partial charge on any atom is 0.137 e. The van der Waals surface area contributed by atoms with Crippen molar-refractivity contribution >= 4 is 17.4 Å². The van der Waals surface area contributed by atoms with E-state index < -0.39 is 6.10 Å². The Hall–Kier alpha value is -0.910. The Balaban J connectivity index is 2.17. The van der Waals surface area contributed by atoms with Crippen LogP contribution < -0.4 is 4.90 Å². The average Bonchev–Trinajstić information content (AvgIpc) is 3.16. The molecule has 1 aliphatic carbocycles. The summed E-state index contributed by atoms with van der Waals surface area (Å²) in [4.78, 5) is 10.8. The maximum atomic E-state index is 9.79. The minimum atomic E-state index is -0.549. The number of rotatable bonds is 6. The van der Waals surface area contributed by atoms with Gasteiger partial charge in [-0.2, -0.15) is 0 Å². The molecule has 0 saturated heterocycles. The minimum absolute atomic E-state index is 0.303. The highest BCUT2D eigenvalue weighted by Gasteiger charge is 2.28. The molecule has 1 N–H and O–H groups in total. The largest absolute Gasteiger partial charge is 0.389 e. The zero-order valence-corrected chi connectivity index (χ0v) is 12.3. The minimum Gasteiger partial charge on any atom is -0.389 e. The van der Waals surface area contributed by atoms with Crippen LogP contribution in [0.4, 0.5) is 5.82 Å². The quantitative estimate of drug-likeness (QED) is 0.807. The molecule has 1 unspecified atom stereocenters. The first-order valence-electron chi connectivity index (χ1n) is 6.45. The number of hydrogen-bond acceptors (Lipinski definition) is 5. The van der Waals surface area contributed by atoms with E-state index in [1.165, 1.54) is 0 Å². The topological polar surface area (TPSA) is 58.5 Å². The Morgan fingerprint density at radius 2 is 2.16 bits per heavy atom. The molecule has 1 heterocycles. The molecule has 1 aliphatic rings. The van der Waals surface area contributed by atoms with Crippen molar-refractivity contribution in [2.75, 3.05) is 32.2 Å². The lowest BCUT2D eigenvalue weighted by Crippen LogP contribution is -2.33. The highest BCUT2D eigenvalue weighted by Crippen LogP contribution is 2.39. The number of hydrogen-bond donors (Lipinski definition) is 1. The monoisotopic (exact) mass is 285 g/mol. The van der Waals surface area contributed by atoms with E-state index in [2.05, 4.69) is 9.97 Å². The molecule has 1 atom stereocenters. The number of anilines is 1. The third kappa shape index (κ3) is 3.55. The summed E-state index contributed by atoms with van der Waals surface area (Å²) in [6, 6.07) is 0. The van der Waals surface area contributed by atoms with E-state index in [0.29, 0.717) is 24.2 Å². The summed E-state index contributed by atoms with van der Waals surface area (Å²) < 4.78 is 4.93. The van der Waals surface area contributed by atoms with Gasteiger partial charge in [-0.25, -0.2) is 9.97 Å². The van der Waals surface area contributed by atoms with Crippen molar-refractivity contribution in [1.82, 2.24) is 9.97 Å². The summed E-state index contributed by atoms with van der Waals surface area (Å²) in [7, 11) is 3.46. The summed E-state index contributed by atoms with van der Waals surface area (Å²) in [6.07, 6.45) is 1.72. The van der Waals surface area contributed by atoms with Gasteiger partial charge in [-0.15, -0.1) is 0 Å². The van der Waals surface area contributed by atoms with E-state index in [1.807, 2.05) is 18.9 Å². The molecule has 106 valence electrons. The Kier molecular flexibility index (Phi) is 4.60. The fourth-order valence-corrected chi connectivity index (χ4v) is 2.21. The van der Waals surface area contributed by atoms with Gasteiger partial charge in [0.2, 0.25) is 0 Å². The first-order valence-corrected chi connectivity index (χ1v) is 6.83. The van der Waals surface area contributed by atoms with Crippen molar-refractivity contribution < 1.29 is 9.84 Å². The summed E-state index contributed by atoms with van der Waals surface area (Å²) in [5.74, 6) is 2.06. The fraction of sp³-hybridized carbons (Fsp3) is 0.692. The van der Waals surface area contributed by atoms with Crippen LogP contribution in [0.25, 0.3) is 0 Å². The van der Waals surface area contributed by atoms with Crippen LogP contribution in [0.3, 0.4) is 0 Å². The molecule has 0 aromatic carbocycles. The van der Waals surface area contributed by atoms with Crippen LogP contribution in [-0.4, -0.2) is 48.5 Å². The van der Waals surface area contributed by atoms with Crippen LogP contribution in [0.15, 0.2) is 0 Å². The van der Waals surface area contributed by atoms with Crippen molar-refractivity contribution in [2.45, 2.75) is 31.8 Å². The van der Waals surface area contributed by atoms with Crippen LogP contribution in [0.2, 0.25) is 5.15 Å². The van der Waals surface area contributed by atoms with Gasteiger partial charge < -0.3 is 14.7 Å². The standard InChI is InChI=1S/C13H20ClN3O2/c1-8-11(14)15-12(9-4-5-9)16-13(8)17(2)6-10(18)7-19-3/h9-10,18H,4-7H2,1-3H3. The Morgan fingerprint density at radius 3 is 2.74 bits per heavy atom. The molecule has 0 spiro atoms. The second kappa shape index (κ2) is 6.03. The van der Waals surface area contributed by atoms with Gasteiger partial charge in [0.15, 0.2) is 0 Å². The normalized spacial score (nSPS) is 16.5. The predicted molar refractivity (Wildman–Crippen MR) is 74.9 cm³/mol. The molecule has 6 heteroatoms. The Bertz CT molecular complexity index is 452. The van der Waals surface area contributed by atoms with Crippen LogP contribution in [0.1, 0.15) is 30.1 Å². The molecule has 0 bridgehead atoms. The highest BCUT2D eigenvalue weighted by atomic mass is 35.5. The molecule has 0 radical (unpaired) electrons. The van der Waals surface area contributed by atoms with Gasteiger partial charge in [0.05, 0.1) is 12.7 Å². The van der Waals surface area contributed by atoms with E-state index in [9.17, 15) is 5.11 Å². The van der Waals surface area contributed by atoms with Crippen molar-refractivity contribution in [3.63, 3.8) is 0 Å². The molecule has 1 aromatic rings. The maximum absolute atomic E-state index is 9.79. The Morgan fingerprint density at radius 1 is 1.47 bits per heavy atom. The van der Waals surface area contributed by atoms with Gasteiger partial charge in [-0.3, -0.25) is 0 Å². The molecule has 1 saturated carbocycles. The number of likely N-dealkylation sites (N-methyl/N-ethyl adjacent to an activating group) is 1. The SMILES string of the molecule is COCC(O)CN(C)c1nc(C2CC2)nc(Cl)c1C. The van der Waals surface area contributed by atoms with Crippen LogP contribution >= 0.6 is 11.6 Å². The van der Waals surface area contributed by atoms with Crippen molar-refractivity contribution in [2.24, 2.45) is 0 Å². The van der Waals surface area contributed by atoms with Gasteiger partial charge in [0, 0.05) is 32.2 Å². The molecular formula is C13H20ClN3O2. The first-order chi connectivity index (χ1) is 9.02. The van der Waals surface area contributed by atoms with Crippen molar-refractivity contribution in [3.05, 3.63) is 16.5 Å². The summed E-state index contributed by atoms with van der Waals surface area (Å²) in [5, 5.41) is 10.3. The highest BCUT2D eigenvalue weighted by molar-refractivity contribution is 6.30. The third-order valence-electron chi connectivity index (χ3n) is 3.23. The second-order valence-electron chi connectivity index (χ2n) is 5.09. The van der Waals surface area contributed by atoms with Gasteiger partial charge in [0.25, 0.3) is 0 Å². The summed E-state index contributed by atoms with van der Waals surface area (Å²) in [6.45, 7) is 2.65. The zero-order valence-electron chi connectivity index (χ0n) is 11.6. The van der Waals surface area contributed by atoms with E-state index in [-0.39, 0.29) is 0 Å². The van der Waals surface area contributed by atoms with E-state index in [0.717, 1.165) is 30.0 Å². The number of aromatic nitrogens is 2. The summed E-state index contributed by atoms with van der Waals surface area (Å²) >= 11 is 6.17. The lowest BCUT2D eigenvalue weighted by Gasteiger charge is -2.23. The number of ether oxygens (including phenoxy) is 1. The van der Waals surface area contributed by atoms with Crippen molar-refractivity contribution in [3.8, 4) is 0 Å². The second-order valence-corrected chi connectivity index (χ2v) is 5.44. The van der Waals surface area contributed by atoms with Crippen molar-refractivity contribution in [1.29, 1.82) is 0 Å². The third-order valence-corrected chi connectivity index (χ3v) is 3.59. The molecule has 5 nitrogen and oxygen atoms in total. The average molecular weight is 286 g/mol. The lowest BCUT2D eigenvalue weighted by atomic mass is 10.2. The molecule has 1 aromatic heterocycles. The molecular weight excluding hydrogens is 266 g/mol. The van der Waals surface area contributed by atoms with E-state index in [4.69, 9.17) is 16.3 Å². The van der Waals surface area contributed by atoms with Gasteiger partial charge >= 0.3 is 0 Å². The molecule has 0 amide bonds. The van der Waals surface area contributed by atoms with Crippen LogP contribution in [0, 0.1) is 6.92 Å². The number of nitrogens with zero attached hydrogens (tertiary/aromatic N) is 3. The Labute approximate surface area is 118 Å². The first kappa shape index (κ1) is 14.5. The summed E-state index contributed by atoms with van der Waals surface area (Å²) in [5.41, 5.74) is 0.846. The number of halogens is 1. The van der Waals surface area contributed by atoms with Crippen LogP contribution in [0.5, 0.6) is 0 Å². The van der Waals surface area contributed by atoms with Gasteiger partial charge in [-0.05, 0) is 19.8 Å². The van der Waals surface area contributed by atoms with E-state index in [1.54, 1.807) is 7.11 Å². The zero-order chi connectivity index (χ0) is 14.0. The fourth-order valence-electron chi connectivity index (χ4n) is 2.04. The van der Waals surface area contributed by atoms with Crippen LogP contribution in [-0.2, 0) is 4.74 Å². The molecule has 0 aliphatic heterocycles.